The van der Waals surface area contributed by atoms with E-state index in [4.69, 9.17) is 0 Å². The van der Waals surface area contributed by atoms with Crippen molar-refractivity contribution in [3.8, 4) is 11.3 Å². The highest BCUT2D eigenvalue weighted by Gasteiger charge is 2.36. The molecule has 2 heterocycles. The molecule has 0 spiro atoms. The highest BCUT2D eigenvalue weighted by atomic mass is 32.2. The number of hydrogen-bond acceptors (Lipinski definition) is 5. The summed E-state index contributed by atoms with van der Waals surface area (Å²) in [6.45, 7) is 2.21. The quantitative estimate of drug-likeness (QED) is 0.277. The zero-order valence-electron chi connectivity index (χ0n) is 17.8. The summed E-state index contributed by atoms with van der Waals surface area (Å²) in [6.07, 6.45) is 1.38. The highest BCUT2D eigenvalue weighted by molar-refractivity contribution is 7.98. The van der Waals surface area contributed by atoms with Gasteiger partial charge in [-0.2, -0.15) is 0 Å². The molecule has 3 aromatic carbocycles. The van der Waals surface area contributed by atoms with Gasteiger partial charge in [0.05, 0.1) is 24.1 Å². The van der Waals surface area contributed by atoms with Crippen molar-refractivity contribution in [3.63, 3.8) is 0 Å². The molecule has 0 saturated heterocycles. The van der Waals surface area contributed by atoms with Crippen molar-refractivity contribution < 1.29 is 12.8 Å². The van der Waals surface area contributed by atoms with Crippen molar-refractivity contribution in [2.45, 2.75) is 29.3 Å². The number of aromatic nitrogens is 2. The van der Waals surface area contributed by atoms with E-state index in [0.717, 1.165) is 22.3 Å². The van der Waals surface area contributed by atoms with Crippen molar-refractivity contribution in [2.75, 3.05) is 4.31 Å². The Bertz CT molecular complexity index is 1440. The second-order valence-corrected chi connectivity index (χ2v) is 10.6. The zero-order valence-corrected chi connectivity index (χ0v) is 19.4. The van der Waals surface area contributed by atoms with Gasteiger partial charge >= 0.3 is 0 Å². The standard InChI is InChI=1S/C25H20FN3O2S2/c1-17-9-11-18(12-10-17)15-29-22-8-3-2-7-21(22)24-23(33(29,30)31)14-27-25(28-24)32-16-19-5-4-6-20(26)13-19/h2-14H,15-16H2,1H3. The fourth-order valence-electron chi connectivity index (χ4n) is 3.75. The number of hydrogen-bond donors (Lipinski definition) is 0. The highest BCUT2D eigenvalue weighted by Crippen LogP contribution is 2.43. The van der Waals surface area contributed by atoms with E-state index in [1.807, 2.05) is 55.5 Å². The lowest BCUT2D eigenvalue weighted by Gasteiger charge is -2.31. The minimum Gasteiger partial charge on any atom is -0.261 e. The molecule has 4 aromatic rings. The number of nitrogens with zero attached hydrogens (tertiary/aromatic N) is 3. The van der Waals surface area contributed by atoms with Crippen molar-refractivity contribution in [1.82, 2.24) is 9.97 Å². The fraction of sp³-hybridized carbons (Fsp3) is 0.120. The lowest BCUT2D eigenvalue weighted by atomic mass is 10.1. The molecule has 0 unspecified atom stereocenters. The van der Waals surface area contributed by atoms with Gasteiger partial charge in [-0.05, 0) is 36.2 Å². The number of thioether (sulfide) groups is 1. The average molecular weight is 478 g/mol. The van der Waals surface area contributed by atoms with Crippen LogP contribution in [0.15, 0.2) is 89.0 Å². The predicted octanol–water partition coefficient (Wildman–Crippen LogP) is 5.59. The maximum absolute atomic E-state index is 13.6. The van der Waals surface area contributed by atoms with E-state index in [0.29, 0.717) is 22.3 Å². The number of halogens is 1. The van der Waals surface area contributed by atoms with Crippen molar-refractivity contribution in [2.24, 2.45) is 0 Å². The number of benzene rings is 3. The zero-order chi connectivity index (χ0) is 23.0. The Morgan fingerprint density at radius 2 is 1.76 bits per heavy atom. The summed E-state index contributed by atoms with van der Waals surface area (Å²) in [4.78, 5) is 8.98. The van der Waals surface area contributed by atoms with Crippen molar-refractivity contribution >= 4 is 27.5 Å². The van der Waals surface area contributed by atoms with Crippen LogP contribution in [0.4, 0.5) is 10.1 Å². The molecule has 0 saturated carbocycles. The summed E-state index contributed by atoms with van der Waals surface area (Å²) >= 11 is 1.34. The molecular formula is C25H20FN3O2S2. The van der Waals surface area contributed by atoms with Crippen LogP contribution in [-0.4, -0.2) is 18.4 Å². The first-order valence-corrected chi connectivity index (χ1v) is 12.8. The van der Waals surface area contributed by atoms with Gasteiger partial charge in [-0.15, -0.1) is 0 Å². The normalized spacial score (nSPS) is 13.9. The maximum Gasteiger partial charge on any atom is 0.268 e. The Morgan fingerprint density at radius 3 is 2.55 bits per heavy atom. The maximum atomic E-state index is 13.6. The number of rotatable bonds is 5. The van der Waals surface area contributed by atoms with Crippen LogP contribution in [0.1, 0.15) is 16.7 Å². The molecule has 5 rings (SSSR count). The van der Waals surface area contributed by atoms with E-state index < -0.39 is 10.0 Å². The molecule has 1 aromatic heterocycles. The lowest BCUT2D eigenvalue weighted by Crippen LogP contribution is -2.34. The topological polar surface area (TPSA) is 63.2 Å². The lowest BCUT2D eigenvalue weighted by molar-refractivity contribution is 0.588. The molecule has 166 valence electrons. The van der Waals surface area contributed by atoms with Gasteiger partial charge in [-0.25, -0.2) is 22.8 Å². The van der Waals surface area contributed by atoms with Gasteiger partial charge in [0.2, 0.25) is 0 Å². The Labute approximate surface area is 196 Å². The molecule has 0 fully saturated rings. The molecule has 1 aliphatic heterocycles. The van der Waals surface area contributed by atoms with E-state index in [2.05, 4.69) is 9.97 Å². The van der Waals surface area contributed by atoms with Crippen LogP contribution in [0.3, 0.4) is 0 Å². The van der Waals surface area contributed by atoms with Crippen LogP contribution in [-0.2, 0) is 22.3 Å². The summed E-state index contributed by atoms with van der Waals surface area (Å²) in [7, 11) is -3.84. The second kappa shape index (κ2) is 8.61. The molecule has 0 radical (unpaired) electrons. The minimum absolute atomic E-state index is 0.0865. The van der Waals surface area contributed by atoms with Gasteiger partial charge in [0.25, 0.3) is 10.0 Å². The van der Waals surface area contributed by atoms with Crippen molar-refractivity contribution in [1.29, 1.82) is 0 Å². The second-order valence-electron chi connectivity index (χ2n) is 7.80. The Kier molecular flexibility index (Phi) is 5.64. The van der Waals surface area contributed by atoms with Gasteiger partial charge < -0.3 is 0 Å². The van der Waals surface area contributed by atoms with E-state index in [9.17, 15) is 12.8 Å². The summed E-state index contributed by atoms with van der Waals surface area (Å²) < 4.78 is 42.0. The molecule has 0 atom stereocenters. The molecule has 1 aliphatic rings. The van der Waals surface area contributed by atoms with E-state index in [1.165, 1.54) is 34.4 Å². The average Bonchev–Trinajstić information content (AvgIpc) is 2.81. The van der Waals surface area contributed by atoms with Crippen LogP contribution in [0.25, 0.3) is 11.3 Å². The first-order valence-electron chi connectivity index (χ1n) is 10.3. The van der Waals surface area contributed by atoms with Crippen LogP contribution < -0.4 is 4.31 Å². The number of fused-ring (bicyclic) bond motifs is 3. The van der Waals surface area contributed by atoms with Gasteiger partial charge in [0.1, 0.15) is 10.7 Å². The Morgan fingerprint density at radius 1 is 0.970 bits per heavy atom. The van der Waals surface area contributed by atoms with Gasteiger partial charge in [-0.1, -0.05) is 71.9 Å². The van der Waals surface area contributed by atoms with Crippen molar-refractivity contribution in [3.05, 3.63) is 102 Å². The molecule has 8 heteroatoms. The Balaban J connectivity index is 1.51. The molecule has 0 bridgehead atoms. The summed E-state index contributed by atoms with van der Waals surface area (Å²) in [5.41, 5.74) is 4.53. The fourth-order valence-corrected chi connectivity index (χ4v) is 6.07. The Hall–Kier alpha value is -3.23. The summed E-state index contributed by atoms with van der Waals surface area (Å²) in [5, 5.41) is 0.440. The predicted molar refractivity (Wildman–Crippen MR) is 128 cm³/mol. The van der Waals surface area contributed by atoms with Gasteiger partial charge in [-0.3, -0.25) is 4.31 Å². The first kappa shape index (κ1) is 21.6. The van der Waals surface area contributed by atoms with E-state index >= 15 is 0 Å². The smallest absolute Gasteiger partial charge is 0.261 e. The summed E-state index contributed by atoms with van der Waals surface area (Å²) in [6, 6.07) is 21.5. The third kappa shape index (κ3) is 4.24. The molecule has 0 aliphatic carbocycles. The summed E-state index contributed by atoms with van der Waals surface area (Å²) in [5.74, 6) is 0.179. The molecule has 33 heavy (non-hydrogen) atoms. The number of anilines is 1. The largest absolute Gasteiger partial charge is 0.268 e. The van der Waals surface area contributed by atoms with Crippen LogP contribution in [0, 0.1) is 12.7 Å². The SMILES string of the molecule is Cc1ccc(CN2c3ccccc3-c3nc(SCc4cccc(F)c4)ncc3S2(=O)=O)cc1. The van der Waals surface area contributed by atoms with Crippen LogP contribution >= 0.6 is 11.8 Å². The van der Waals surface area contributed by atoms with E-state index in [1.54, 1.807) is 12.1 Å². The van der Waals surface area contributed by atoms with Gasteiger partial charge in [0.15, 0.2) is 5.16 Å². The minimum atomic E-state index is -3.84. The van der Waals surface area contributed by atoms with E-state index in [-0.39, 0.29) is 17.3 Å². The molecular weight excluding hydrogens is 457 g/mol. The third-order valence-electron chi connectivity index (χ3n) is 5.43. The van der Waals surface area contributed by atoms with Crippen LogP contribution in [0.5, 0.6) is 0 Å². The van der Waals surface area contributed by atoms with Crippen LogP contribution in [0.2, 0.25) is 0 Å². The number of sulfonamides is 1. The molecule has 0 amide bonds. The monoisotopic (exact) mass is 477 g/mol. The number of aryl methyl sites for hydroxylation is 1. The van der Waals surface area contributed by atoms with Gasteiger partial charge in [0, 0.05) is 11.3 Å². The third-order valence-corrected chi connectivity index (χ3v) is 8.13. The molecule has 0 N–H and O–H groups in total. The first-order chi connectivity index (χ1) is 15.9. The number of para-hydroxylation sites is 1. The molecule has 5 nitrogen and oxygen atoms in total.